The van der Waals surface area contributed by atoms with Gasteiger partial charge in [-0.2, -0.15) is 0 Å². The van der Waals surface area contributed by atoms with E-state index in [0.29, 0.717) is 18.0 Å². The zero-order valence-corrected chi connectivity index (χ0v) is 9.36. The van der Waals surface area contributed by atoms with Crippen LogP contribution < -0.4 is 0 Å². The first-order valence-corrected chi connectivity index (χ1v) is 5.10. The fraction of sp³-hybridized carbons (Fsp3) is 0.500. The van der Waals surface area contributed by atoms with Crippen LogP contribution in [0.25, 0.3) is 0 Å². The van der Waals surface area contributed by atoms with Crippen molar-refractivity contribution in [3.63, 3.8) is 0 Å². The summed E-state index contributed by atoms with van der Waals surface area (Å²) in [4.78, 5) is 2.01. The van der Waals surface area contributed by atoms with E-state index in [9.17, 15) is 5.11 Å². The number of aliphatic hydroxyl groups excluding tert-OH is 1. The van der Waals surface area contributed by atoms with E-state index in [-0.39, 0.29) is 0 Å². The zero-order chi connectivity index (χ0) is 10.7. The highest BCUT2D eigenvalue weighted by Gasteiger charge is 2.18. The van der Waals surface area contributed by atoms with Gasteiger partial charge in [-0.3, -0.25) is 0 Å². The molecule has 0 saturated carbocycles. The van der Waals surface area contributed by atoms with Gasteiger partial charge in [0.2, 0.25) is 0 Å². The maximum Gasteiger partial charge on any atom is 0.194 e. The molecule has 0 atom stereocenters. The second-order valence-corrected chi connectivity index (χ2v) is 4.09. The molecule has 0 aromatic carbocycles. The minimum atomic E-state index is 0.310. The summed E-state index contributed by atoms with van der Waals surface area (Å²) in [6, 6.07) is 0.620. The highest BCUT2D eigenvalue weighted by Crippen LogP contribution is 2.19. The molecule has 14 heavy (non-hydrogen) atoms. The predicted molar refractivity (Wildman–Crippen MR) is 60.0 cm³/mol. The Morgan fingerprint density at radius 1 is 1.07 bits per heavy atom. The van der Waals surface area contributed by atoms with Gasteiger partial charge in [0.25, 0.3) is 0 Å². The Morgan fingerprint density at radius 2 is 1.50 bits per heavy atom. The average Bonchev–Trinajstić information content (AvgIpc) is 2.53. The van der Waals surface area contributed by atoms with Crippen molar-refractivity contribution in [2.45, 2.75) is 39.8 Å². The molecule has 0 saturated heterocycles. The van der Waals surface area contributed by atoms with Gasteiger partial charge in [0, 0.05) is 17.7 Å². The summed E-state index contributed by atoms with van der Waals surface area (Å²) < 4.78 is 0. The van der Waals surface area contributed by atoms with Crippen LogP contribution in [0.3, 0.4) is 0 Å². The molecule has 78 valence electrons. The van der Waals surface area contributed by atoms with Crippen LogP contribution in [0, 0.1) is 0 Å². The number of nitrogens with zero attached hydrogens (tertiary/aromatic N) is 1. The third-order valence-electron chi connectivity index (χ3n) is 2.28. The first-order chi connectivity index (χ1) is 6.54. The van der Waals surface area contributed by atoms with Gasteiger partial charge in [-0.25, -0.2) is 0 Å². The van der Waals surface area contributed by atoms with E-state index in [4.69, 9.17) is 0 Å². The van der Waals surface area contributed by atoms with Gasteiger partial charge in [0.15, 0.2) is 5.88 Å². The normalized spacial score (nSPS) is 14.6. The lowest BCUT2D eigenvalue weighted by molar-refractivity contribution is 0.133. The second kappa shape index (κ2) is 4.36. The van der Waals surface area contributed by atoms with E-state index < -0.39 is 0 Å². The van der Waals surface area contributed by atoms with E-state index in [1.807, 2.05) is 29.2 Å². The van der Waals surface area contributed by atoms with E-state index in [1.165, 1.54) is 0 Å². The Hall–Kier alpha value is -1.18. The highest BCUT2D eigenvalue weighted by atomic mass is 16.3. The summed E-state index contributed by atoms with van der Waals surface area (Å²) in [5.41, 5.74) is 0.896. The van der Waals surface area contributed by atoms with E-state index in [1.54, 1.807) is 0 Å². The summed E-state index contributed by atoms with van der Waals surface area (Å²) in [5, 5.41) is 10.1. The van der Waals surface area contributed by atoms with Crippen LogP contribution >= 0.6 is 0 Å². The smallest absolute Gasteiger partial charge is 0.194 e. The van der Waals surface area contributed by atoms with Gasteiger partial charge in [0.05, 0.1) is 0 Å². The molecule has 0 unspecified atom stereocenters. The standard InChI is InChI=1S/C12H19NO/c1-9(2)13(10(3)4)12(14)11-7-5-6-8-11/h5-10,14H,1-4H3. The number of hydrogen-bond donors (Lipinski definition) is 1. The molecule has 0 radical (unpaired) electrons. The maximum absolute atomic E-state index is 10.1. The van der Waals surface area contributed by atoms with Crippen LogP contribution in [0.5, 0.6) is 0 Å². The first-order valence-electron chi connectivity index (χ1n) is 5.10. The number of aliphatic hydroxyl groups is 1. The van der Waals surface area contributed by atoms with Gasteiger partial charge in [-0.1, -0.05) is 12.2 Å². The molecule has 0 aliphatic heterocycles. The number of rotatable bonds is 3. The molecule has 2 heteroatoms. The number of hydrogen-bond acceptors (Lipinski definition) is 2. The molecule has 0 bridgehead atoms. The quantitative estimate of drug-likeness (QED) is 0.696. The van der Waals surface area contributed by atoms with Crippen molar-refractivity contribution < 1.29 is 5.11 Å². The summed E-state index contributed by atoms with van der Waals surface area (Å²) in [5.74, 6) is 0.375. The van der Waals surface area contributed by atoms with Gasteiger partial charge < -0.3 is 10.0 Å². The van der Waals surface area contributed by atoms with Crippen molar-refractivity contribution in [1.82, 2.24) is 4.90 Å². The fourth-order valence-corrected chi connectivity index (χ4v) is 1.76. The summed E-state index contributed by atoms with van der Waals surface area (Å²) >= 11 is 0. The van der Waals surface area contributed by atoms with Crippen molar-refractivity contribution in [1.29, 1.82) is 0 Å². The minimum absolute atomic E-state index is 0.310. The third-order valence-corrected chi connectivity index (χ3v) is 2.28. The van der Waals surface area contributed by atoms with Crippen molar-refractivity contribution in [2.75, 3.05) is 0 Å². The Balaban J connectivity index is 2.94. The second-order valence-electron chi connectivity index (χ2n) is 4.09. The minimum Gasteiger partial charge on any atom is -0.494 e. The molecule has 1 aliphatic rings. The molecule has 0 spiro atoms. The molecular weight excluding hydrogens is 174 g/mol. The van der Waals surface area contributed by atoms with E-state index >= 15 is 0 Å². The summed E-state index contributed by atoms with van der Waals surface area (Å²) in [7, 11) is 0. The van der Waals surface area contributed by atoms with Crippen LogP contribution in [-0.4, -0.2) is 22.1 Å². The fourth-order valence-electron chi connectivity index (χ4n) is 1.76. The Labute approximate surface area is 86.2 Å². The predicted octanol–water partition coefficient (Wildman–Crippen LogP) is 3.00. The van der Waals surface area contributed by atoms with E-state index in [0.717, 1.165) is 5.57 Å². The van der Waals surface area contributed by atoms with Gasteiger partial charge in [-0.05, 0) is 39.8 Å². The SMILES string of the molecule is CC(C)N(C(O)=C1C=CC=C1)C(C)C. The monoisotopic (exact) mass is 193 g/mol. The Morgan fingerprint density at radius 3 is 1.86 bits per heavy atom. The third kappa shape index (κ3) is 2.19. The van der Waals surface area contributed by atoms with Crippen LogP contribution in [0.15, 0.2) is 35.8 Å². The van der Waals surface area contributed by atoms with Crippen molar-refractivity contribution in [3.05, 3.63) is 35.8 Å². The van der Waals surface area contributed by atoms with Crippen molar-refractivity contribution >= 4 is 0 Å². The first kappa shape index (κ1) is 10.9. The number of allylic oxidation sites excluding steroid dienone is 5. The molecular formula is C12H19NO. The van der Waals surface area contributed by atoms with Crippen molar-refractivity contribution in [2.24, 2.45) is 0 Å². The van der Waals surface area contributed by atoms with E-state index in [2.05, 4.69) is 27.7 Å². The van der Waals surface area contributed by atoms with Crippen LogP contribution in [-0.2, 0) is 0 Å². The molecule has 0 fully saturated rings. The molecule has 0 heterocycles. The Bertz CT molecular complexity index is 263. The lowest BCUT2D eigenvalue weighted by Crippen LogP contribution is -2.36. The molecule has 1 N–H and O–H groups in total. The van der Waals surface area contributed by atoms with Crippen LogP contribution in [0.1, 0.15) is 27.7 Å². The van der Waals surface area contributed by atoms with Gasteiger partial charge in [0.1, 0.15) is 0 Å². The van der Waals surface area contributed by atoms with Crippen LogP contribution in [0.4, 0.5) is 0 Å². The molecule has 0 amide bonds. The Kier molecular flexibility index (Phi) is 3.39. The molecule has 2 nitrogen and oxygen atoms in total. The zero-order valence-electron chi connectivity index (χ0n) is 9.36. The lowest BCUT2D eigenvalue weighted by atomic mass is 10.2. The van der Waals surface area contributed by atoms with Gasteiger partial charge in [-0.15, -0.1) is 0 Å². The lowest BCUT2D eigenvalue weighted by Gasteiger charge is -2.32. The summed E-state index contributed by atoms with van der Waals surface area (Å²) in [6.45, 7) is 8.33. The molecule has 0 aromatic heterocycles. The molecule has 0 aromatic rings. The van der Waals surface area contributed by atoms with Crippen LogP contribution in [0.2, 0.25) is 0 Å². The van der Waals surface area contributed by atoms with Crippen molar-refractivity contribution in [3.8, 4) is 0 Å². The maximum atomic E-state index is 10.1. The topological polar surface area (TPSA) is 23.5 Å². The van der Waals surface area contributed by atoms with Gasteiger partial charge >= 0.3 is 0 Å². The molecule has 1 aliphatic carbocycles. The average molecular weight is 193 g/mol. The molecule has 1 rings (SSSR count). The summed E-state index contributed by atoms with van der Waals surface area (Å²) in [6.07, 6.45) is 7.72. The highest BCUT2D eigenvalue weighted by molar-refractivity contribution is 5.41. The largest absolute Gasteiger partial charge is 0.494 e.